The highest BCUT2D eigenvalue weighted by Gasteiger charge is 2.16. The fourth-order valence-corrected chi connectivity index (χ4v) is 1.83. The first kappa shape index (κ1) is 12.5. The molecule has 2 nitrogen and oxygen atoms in total. The van der Waals surface area contributed by atoms with E-state index in [1.165, 1.54) is 0 Å². The second-order valence-corrected chi connectivity index (χ2v) is 4.20. The van der Waals surface area contributed by atoms with E-state index in [1.807, 2.05) is 60.7 Å². The van der Waals surface area contributed by atoms with E-state index in [1.54, 1.807) is 6.92 Å². The number of ether oxygens (including phenoxy) is 1. The van der Waals surface area contributed by atoms with Crippen LogP contribution in [0.5, 0.6) is 0 Å². The minimum absolute atomic E-state index is 0.0251. The maximum Gasteiger partial charge on any atom is 0.163 e. The molecule has 0 aliphatic heterocycles. The number of rotatable bonds is 5. The first-order chi connectivity index (χ1) is 8.77. The molecule has 0 aliphatic rings. The fourth-order valence-electron chi connectivity index (χ4n) is 1.83. The number of carbonyl (C=O) groups excluding carboxylic acids is 1. The van der Waals surface area contributed by atoms with Crippen molar-refractivity contribution in [2.24, 2.45) is 0 Å². The molecule has 2 aromatic rings. The van der Waals surface area contributed by atoms with Crippen LogP contribution in [0.1, 0.15) is 24.2 Å². The van der Waals surface area contributed by atoms with Crippen molar-refractivity contribution in [3.8, 4) is 0 Å². The Hall–Kier alpha value is -1.93. The lowest BCUT2D eigenvalue weighted by Gasteiger charge is -2.15. The van der Waals surface area contributed by atoms with E-state index >= 15 is 0 Å². The topological polar surface area (TPSA) is 26.3 Å². The summed E-state index contributed by atoms with van der Waals surface area (Å²) in [7, 11) is 0. The van der Waals surface area contributed by atoms with Crippen LogP contribution in [-0.2, 0) is 16.1 Å². The smallest absolute Gasteiger partial charge is 0.163 e. The van der Waals surface area contributed by atoms with E-state index in [0.717, 1.165) is 11.1 Å². The highest BCUT2D eigenvalue weighted by Crippen LogP contribution is 2.19. The van der Waals surface area contributed by atoms with Crippen LogP contribution in [0.25, 0.3) is 0 Å². The summed E-state index contributed by atoms with van der Waals surface area (Å²) in [6.07, 6.45) is -0.480. The molecule has 0 aromatic heterocycles. The molecule has 1 atom stereocenters. The van der Waals surface area contributed by atoms with Crippen molar-refractivity contribution in [3.05, 3.63) is 71.8 Å². The maximum absolute atomic E-state index is 11.6. The molecule has 0 unspecified atom stereocenters. The standard InChI is InChI=1S/C16H16O2/c1-13(17)16(15-10-6-3-7-11-15)18-12-14-8-4-2-5-9-14/h2-11,16H,12H2,1H3/t16-/m0/s1. The Labute approximate surface area is 107 Å². The molecule has 18 heavy (non-hydrogen) atoms. The summed E-state index contributed by atoms with van der Waals surface area (Å²) in [5.74, 6) is 0.0251. The average molecular weight is 240 g/mol. The third kappa shape index (κ3) is 3.28. The van der Waals surface area contributed by atoms with Crippen LogP contribution < -0.4 is 0 Å². The van der Waals surface area contributed by atoms with E-state index in [9.17, 15) is 4.79 Å². The number of hydrogen-bond acceptors (Lipinski definition) is 2. The summed E-state index contributed by atoms with van der Waals surface area (Å²) < 4.78 is 5.73. The summed E-state index contributed by atoms with van der Waals surface area (Å²) in [6, 6.07) is 19.4. The van der Waals surface area contributed by atoms with E-state index in [4.69, 9.17) is 4.74 Å². The van der Waals surface area contributed by atoms with Crippen LogP contribution >= 0.6 is 0 Å². The van der Waals surface area contributed by atoms with Gasteiger partial charge in [-0.3, -0.25) is 4.79 Å². The van der Waals surface area contributed by atoms with Crippen LogP contribution in [0.15, 0.2) is 60.7 Å². The molecule has 0 heterocycles. The van der Waals surface area contributed by atoms with Crippen LogP contribution in [0.4, 0.5) is 0 Å². The van der Waals surface area contributed by atoms with Gasteiger partial charge in [0.25, 0.3) is 0 Å². The van der Waals surface area contributed by atoms with Crippen LogP contribution in [-0.4, -0.2) is 5.78 Å². The van der Waals surface area contributed by atoms with Gasteiger partial charge in [0.15, 0.2) is 5.78 Å². The highest BCUT2D eigenvalue weighted by atomic mass is 16.5. The molecule has 0 amide bonds. The third-order valence-corrected chi connectivity index (χ3v) is 2.73. The van der Waals surface area contributed by atoms with Gasteiger partial charge in [0.05, 0.1) is 6.61 Å². The molecule has 0 saturated heterocycles. The Balaban J connectivity index is 2.06. The van der Waals surface area contributed by atoms with Gasteiger partial charge in [0.1, 0.15) is 6.10 Å². The Morgan fingerprint density at radius 2 is 1.56 bits per heavy atom. The van der Waals surface area contributed by atoms with Gasteiger partial charge in [0, 0.05) is 0 Å². The summed E-state index contributed by atoms with van der Waals surface area (Å²) >= 11 is 0. The normalized spacial score (nSPS) is 12.1. The van der Waals surface area contributed by atoms with Crippen LogP contribution in [0, 0.1) is 0 Å². The molecule has 0 N–H and O–H groups in total. The Kier molecular flexibility index (Phi) is 4.26. The average Bonchev–Trinajstić information content (AvgIpc) is 2.41. The summed E-state index contributed by atoms with van der Waals surface area (Å²) in [5.41, 5.74) is 1.97. The lowest BCUT2D eigenvalue weighted by molar-refractivity contribution is -0.129. The monoisotopic (exact) mass is 240 g/mol. The van der Waals surface area contributed by atoms with Gasteiger partial charge in [-0.05, 0) is 18.1 Å². The van der Waals surface area contributed by atoms with Gasteiger partial charge in [-0.15, -0.1) is 0 Å². The van der Waals surface area contributed by atoms with Gasteiger partial charge in [-0.2, -0.15) is 0 Å². The SMILES string of the molecule is CC(=O)[C@H](OCc1ccccc1)c1ccccc1. The van der Waals surface area contributed by atoms with Gasteiger partial charge in [0.2, 0.25) is 0 Å². The molecular weight excluding hydrogens is 224 g/mol. The molecule has 0 fully saturated rings. The van der Waals surface area contributed by atoms with Crippen molar-refractivity contribution in [2.75, 3.05) is 0 Å². The van der Waals surface area contributed by atoms with E-state index in [0.29, 0.717) is 6.61 Å². The summed E-state index contributed by atoms with van der Waals surface area (Å²) in [4.78, 5) is 11.6. The van der Waals surface area contributed by atoms with Crippen molar-refractivity contribution < 1.29 is 9.53 Å². The highest BCUT2D eigenvalue weighted by molar-refractivity contribution is 5.81. The Morgan fingerprint density at radius 3 is 2.11 bits per heavy atom. The minimum Gasteiger partial charge on any atom is -0.361 e. The predicted molar refractivity (Wildman–Crippen MR) is 71.1 cm³/mol. The zero-order valence-corrected chi connectivity index (χ0v) is 10.4. The molecule has 0 aliphatic carbocycles. The number of ketones is 1. The van der Waals surface area contributed by atoms with Gasteiger partial charge >= 0.3 is 0 Å². The number of benzene rings is 2. The second-order valence-electron chi connectivity index (χ2n) is 4.20. The molecule has 2 rings (SSSR count). The molecule has 0 saturated carbocycles. The van der Waals surface area contributed by atoms with E-state index < -0.39 is 6.10 Å². The maximum atomic E-state index is 11.6. The number of hydrogen-bond donors (Lipinski definition) is 0. The van der Waals surface area contributed by atoms with Gasteiger partial charge < -0.3 is 4.74 Å². The van der Waals surface area contributed by atoms with E-state index in [2.05, 4.69) is 0 Å². The van der Waals surface area contributed by atoms with Crippen molar-refractivity contribution in [1.82, 2.24) is 0 Å². The lowest BCUT2D eigenvalue weighted by atomic mass is 10.1. The predicted octanol–water partition coefficient (Wildman–Crippen LogP) is 3.53. The zero-order chi connectivity index (χ0) is 12.8. The fraction of sp³-hybridized carbons (Fsp3) is 0.188. The van der Waals surface area contributed by atoms with Crippen molar-refractivity contribution in [1.29, 1.82) is 0 Å². The molecule has 0 bridgehead atoms. The van der Waals surface area contributed by atoms with Gasteiger partial charge in [-0.25, -0.2) is 0 Å². The van der Waals surface area contributed by atoms with Crippen LogP contribution in [0.2, 0.25) is 0 Å². The zero-order valence-electron chi connectivity index (χ0n) is 10.4. The molecule has 2 heteroatoms. The quantitative estimate of drug-likeness (QED) is 0.799. The number of Topliss-reactive ketones (excluding diaryl/α,β-unsaturated/α-hetero) is 1. The van der Waals surface area contributed by atoms with Gasteiger partial charge in [-0.1, -0.05) is 60.7 Å². The molecular formula is C16H16O2. The molecule has 92 valence electrons. The second kappa shape index (κ2) is 6.12. The Bertz CT molecular complexity index is 491. The van der Waals surface area contributed by atoms with Crippen LogP contribution in [0.3, 0.4) is 0 Å². The molecule has 0 spiro atoms. The largest absolute Gasteiger partial charge is 0.361 e. The first-order valence-electron chi connectivity index (χ1n) is 5.98. The Morgan fingerprint density at radius 1 is 1.00 bits per heavy atom. The van der Waals surface area contributed by atoms with E-state index in [-0.39, 0.29) is 5.78 Å². The summed E-state index contributed by atoms with van der Waals surface area (Å²) in [6.45, 7) is 2.00. The third-order valence-electron chi connectivity index (χ3n) is 2.73. The number of carbonyl (C=O) groups is 1. The van der Waals surface area contributed by atoms with Crippen molar-refractivity contribution in [2.45, 2.75) is 19.6 Å². The first-order valence-corrected chi connectivity index (χ1v) is 5.98. The lowest BCUT2D eigenvalue weighted by Crippen LogP contribution is -2.12. The van der Waals surface area contributed by atoms with Crippen molar-refractivity contribution >= 4 is 5.78 Å². The van der Waals surface area contributed by atoms with Crippen molar-refractivity contribution in [3.63, 3.8) is 0 Å². The molecule has 0 radical (unpaired) electrons. The minimum atomic E-state index is -0.480. The summed E-state index contributed by atoms with van der Waals surface area (Å²) in [5, 5.41) is 0. The molecule has 2 aromatic carbocycles.